The lowest BCUT2D eigenvalue weighted by Gasteiger charge is -2.27. The molecule has 124 valence electrons. The molecule has 0 N–H and O–H groups in total. The average molecular weight is 303 g/mol. The molecular weight excluding hydrogens is 268 g/mol. The maximum absolute atomic E-state index is 4.68. The molecule has 1 heterocycles. The minimum absolute atomic E-state index is 0.617. The van der Waals surface area contributed by atoms with Gasteiger partial charge in [0.25, 0.3) is 0 Å². The second-order valence-electron chi connectivity index (χ2n) is 7.12. The third-order valence-corrected chi connectivity index (χ3v) is 5.20. The number of aryl methyl sites for hydroxylation is 1. The number of hydrogen-bond donors (Lipinski definition) is 0. The zero-order chi connectivity index (χ0) is 15.6. The predicted octanol–water partition coefficient (Wildman–Crippen LogP) is 6.06. The summed E-state index contributed by atoms with van der Waals surface area (Å²) >= 11 is 0. The third-order valence-electron chi connectivity index (χ3n) is 5.20. The maximum Gasteiger partial charge on any atom is 0.131 e. The van der Waals surface area contributed by atoms with Crippen LogP contribution >= 0.6 is 0 Å². The molecule has 1 aromatic heterocycles. The minimum atomic E-state index is 0.617. The van der Waals surface area contributed by atoms with Crippen LogP contribution in [0.1, 0.15) is 102 Å². The normalized spacial score (nSPS) is 21.9. The highest BCUT2D eigenvalue weighted by molar-refractivity contribution is 5.08. The van der Waals surface area contributed by atoms with Gasteiger partial charge in [-0.1, -0.05) is 52.4 Å². The molecular formula is C20H34N2. The van der Waals surface area contributed by atoms with E-state index in [0.29, 0.717) is 5.92 Å². The summed E-state index contributed by atoms with van der Waals surface area (Å²) in [5, 5.41) is 0. The molecule has 1 aliphatic rings. The summed E-state index contributed by atoms with van der Waals surface area (Å²) in [6.07, 6.45) is 20.1. The van der Waals surface area contributed by atoms with Crippen LogP contribution in [0.25, 0.3) is 0 Å². The van der Waals surface area contributed by atoms with Gasteiger partial charge in [0.05, 0.1) is 0 Å². The smallest absolute Gasteiger partial charge is 0.131 e. The first-order valence-electron chi connectivity index (χ1n) is 9.64. The summed E-state index contributed by atoms with van der Waals surface area (Å²) in [4.78, 5) is 9.35. The van der Waals surface area contributed by atoms with Crippen LogP contribution in [-0.2, 0) is 6.42 Å². The molecule has 0 atom stereocenters. The fourth-order valence-electron chi connectivity index (χ4n) is 3.75. The topological polar surface area (TPSA) is 25.8 Å². The molecule has 1 aromatic rings. The van der Waals surface area contributed by atoms with Crippen molar-refractivity contribution in [1.29, 1.82) is 0 Å². The Hall–Kier alpha value is -0.920. The van der Waals surface area contributed by atoms with Crippen LogP contribution in [0, 0.1) is 5.92 Å². The second-order valence-corrected chi connectivity index (χ2v) is 7.12. The molecule has 0 aliphatic heterocycles. The Labute approximate surface area is 137 Å². The highest BCUT2D eigenvalue weighted by Crippen LogP contribution is 2.35. The zero-order valence-electron chi connectivity index (χ0n) is 14.7. The summed E-state index contributed by atoms with van der Waals surface area (Å²) < 4.78 is 0. The number of unbranched alkanes of at least 4 members (excludes halogenated alkanes) is 4. The van der Waals surface area contributed by atoms with E-state index in [1.165, 1.54) is 76.2 Å². The van der Waals surface area contributed by atoms with Crippen LogP contribution in [0.15, 0.2) is 12.4 Å². The minimum Gasteiger partial charge on any atom is -0.241 e. The zero-order valence-corrected chi connectivity index (χ0v) is 14.7. The largest absolute Gasteiger partial charge is 0.241 e. The highest BCUT2D eigenvalue weighted by atomic mass is 14.9. The van der Waals surface area contributed by atoms with Gasteiger partial charge in [-0.05, 0) is 50.0 Å². The van der Waals surface area contributed by atoms with Crippen LogP contribution in [0.4, 0.5) is 0 Å². The Morgan fingerprint density at radius 1 is 0.864 bits per heavy atom. The Balaban J connectivity index is 1.72. The first kappa shape index (κ1) is 17.4. The Bertz CT molecular complexity index is 391. The quantitative estimate of drug-likeness (QED) is 0.518. The van der Waals surface area contributed by atoms with Crippen molar-refractivity contribution in [1.82, 2.24) is 9.97 Å². The van der Waals surface area contributed by atoms with E-state index >= 15 is 0 Å². The number of rotatable bonds is 9. The first-order valence-corrected chi connectivity index (χ1v) is 9.64. The molecule has 2 heteroatoms. The lowest BCUT2D eigenvalue weighted by Crippen LogP contribution is -2.15. The Morgan fingerprint density at radius 2 is 1.55 bits per heavy atom. The first-order chi connectivity index (χ1) is 10.8. The molecule has 0 radical (unpaired) electrons. The number of aromatic nitrogens is 2. The van der Waals surface area contributed by atoms with E-state index < -0.39 is 0 Å². The van der Waals surface area contributed by atoms with Gasteiger partial charge in [0.2, 0.25) is 0 Å². The van der Waals surface area contributed by atoms with Crippen LogP contribution in [0.5, 0.6) is 0 Å². The molecule has 1 saturated carbocycles. The molecule has 1 aliphatic carbocycles. The summed E-state index contributed by atoms with van der Waals surface area (Å²) in [7, 11) is 0. The number of nitrogens with zero attached hydrogens (tertiary/aromatic N) is 2. The molecule has 22 heavy (non-hydrogen) atoms. The van der Waals surface area contributed by atoms with Gasteiger partial charge in [-0.15, -0.1) is 0 Å². The molecule has 2 nitrogen and oxygen atoms in total. The SMILES string of the molecule is CCCCCCCc1cnc([C@H]2CC[C@H](CCC)CC2)nc1. The highest BCUT2D eigenvalue weighted by Gasteiger charge is 2.23. The molecule has 0 bridgehead atoms. The molecule has 0 amide bonds. The van der Waals surface area contributed by atoms with Crippen molar-refractivity contribution in [3.8, 4) is 0 Å². The van der Waals surface area contributed by atoms with Gasteiger partial charge in [0.1, 0.15) is 5.82 Å². The standard InChI is InChI=1S/C20H34N2/c1-3-5-6-7-8-10-18-15-21-20(22-16-18)19-13-11-17(9-4-2)12-14-19/h15-17,19H,3-14H2,1-2H3/t17-,19-. The lowest BCUT2D eigenvalue weighted by molar-refractivity contribution is 0.302. The number of hydrogen-bond acceptors (Lipinski definition) is 2. The molecule has 0 unspecified atom stereocenters. The summed E-state index contributed by atoms with van der Waals surface area (Å²) in [5.41, 5.74) is 1.32. The van der Waals surface area contributed by atoms with E-state index in [0.717, 1.165) is 18.2 Å². The predicted molar refractivity (Wildman–Crippen MR) is 94.1 cm³/mol. The van der Waals surface area contributed by atoms with Gasteiger partial charge in [0.15, 0.2) is 0 Å². The van der Waals surface area contributed by atoms with Crippen LogP contribution in [-0.4, -0.2) is 9.97 Å². The van der Waals surface area contributed by atoms with E-state index in [1.807, 2.05) is 0 Å². The van der Waals surface area contributed by atoms with Crippen molar-refractivity contribution in [2.24, 2.45) is 5.92 Å². The van der Waals surface area contributed by atoms with Gasteiger partial charge >= 0.3 is 0 Å². The lowest BCUT2D eigenvalue weighted by atomic mass is 9.80. The van der Waals surface area contributed by atoms with Crippen LogP contribution in [0.3, 0.4) is 0 Å². The van der Waals surface area contributed by atoms with Crippen molar-refractivity contribution >= 4 is 0 Å². The van der Waals surface area contributed by atoms with Crippen molar-refractivity contribution in [3.05, 3.63) is 23.8 Å². The van der Waals surface area contributed by atoms with Crippen molar-refractivity contribution in [2.45, 2.75) is 96.8 Å². The summed E-state index contributed by atoms with van der Waals surface area (Å²) in [5.74, 6) is 2.68. The average Bonchev–Trinajstić information content (AvgIpc) is 2.56. The van der Waals surface area contributed by atoms with E-state index in [4.69, 9.17) is 0 Å². The van der Waals surface area contributed by atoms with Crippen LogP contribution in [0.2, 0.25) is 0 Å². The molecule has 0 spiro atoms. The van der Waals surface area contributed by atoms with Gasteiger partial charge < -0.3 is 0 Å². The van der Waals surface area contributed by atoms with Gasteiger partial charge in [-0.3, -0.25) is 0 Å². The van der Waals surface area contributed by atoms with Crippen LogP contribution < -0.4 is 0 Å². The molecule has 1 fully saturated rings. The Morgan fingerprint density at radius 3 is 2.18 bits per heavy atom. The maximum atomic E-state index is 4.68. The van der Waals surface area contributed by atoms with Crippen molar-refractivity contribution in [2.75, 3.05) is 0 Å². The molecule has 2 rings (SSSR count). The van der Waals surface area contributed by atoms with E-state index in [-0.39, 0.29) is 0 Å². The monoisotopic (exact) mass is 302 g/mol. The van der Waals surface area contributed by atoms with E-state index in [1.54, 1.807) is 0 Å². The van der Waals surface area contributed by atoms with E-state index in [9.17, 15) is 0 Å². The van der Waals surface area contributed by atoms with Crippen molar-refractivity contribution < 1.29 is 0 Å². The molecule has 0 saturated heterocycles. The van der Waals surface area contributed by atoms with Gasteiger partial charge in [-0.25, -0.2) is 9.97 Å². The summed E-state index contributed by atoms with van der Waals surface area (Å²) in [6, 6.07) is 0. The fourth-order valence-corrected chi connectivity index (χ4v) is 3.75. The van der Waals surface area contributed by atoms with E-state index in [2.05, 4.69) is 36.2 Å². The molecule has 0 aromatic carbocycles. The van der Waals surface area contributed by atoms with Gasteiger partial charge in [0, 0.05) is 18.3 Å². The third kappa shape index (κ3) is 5.70. The fraction of sp³-hybridized carbons (Fsp3) is 0.800. The second kappa shape index (κ2) is 9.97. The summed E-state index contributed by atoms with van der Waals surface area (Å²) in [6.45, 7) is 4.57. The van der Waals surface area contributed by atoms with Gasteiger partial charge in [-0.2, -0.15) is 0 Å². The Kier molecular flexibility index (Phi) is 7.90. The van der Waals surface area contributed by atoms with Crippen molar-refractivity contribution in [3.63, 3.8) is 0 Å².